The average Bonchev–Trinajstić information content (AvgIpc) is 2.29. The van der Waals surface area contributed by atoms with Gasteiger partial charge in [0.25, 0.3) is 0 Å². The molecule has 0 aliphatic heterocycles. The fraction of sp³-hybridized carbons (Fsp3) is 0.0667. The third kappa shape index (κ3) is 1.99. The summed E-state index contributed by atoms with van der Waals surface area (Å²) in [7, 11) is 0. The Morgan fingerprint density at radius 2 is 1.80 bits per heavy atom. The first-order valence-electron chi connectivity index (χ1n) is 5.08. The highest BCUT2D eigenvalue weighted by Gasteiger charge is 2.00. The van der Waals surface area contributed by atoms with Gasteiger partial charge in [-0.15, -0.1) is 0 Å². The molecule has 0 amide bonds. The van der Waals surface area contributed by atoms with E-state index < -0.39 is 0 Å². The first-order valence-corrected chi connectivity index (χ1v) is 5.08. The molecule has 2 aromatic carbocycles. The molecule has 0 saturated carbocycles. The van der Waals surface area contributed by atoms with Gasteiger partial charge in [0.15, 0.2) is 0 Å². The molecule has 0 bridgehead atoms. The van der Waals surface area contributed by atoms with E-state index in [1.807, 2.05) is 6.08 Å². The normalized spacial score (nSPS) is 10.1. The molecular formula is C15H14. The molecule has 0 heteroatoms. The molecule has 74 valence electrons. The summed E-state index contributed by atoms with van der Waals surface area (Å²) in [5.74, 6) is 0. The lowest BCUT2D eigenvalue weighted by molar-refractivity contribution is 1.23. The molecule has 0 aliphatic rings. The maximum absolute atomic E-state index is 3.96. The average molecular weight is 194 g/mol. The highest BCUT2D eigenvalue weighted by Crippen LogP contribution is 2.20. The zero-order chi connectivity index (χ0) is 10.7. The van der Waals surface area contributed by atoms with Crippen molar-refractivity contribution in [2.45, 2.75) is 6.42 Å². The van der Waals surface area contributed by atoms with Gasteiger partial charge < -0.3 is 0 Å². The van der Waals surface area contributed by atoms with Crippen LogP contribution in [0.2, 0.25) is 0 Å². The van der Waals surface area contributed by atoms with Crippen LogP contribution >= 0.6 is 0 Å². The molecule has 15 heavy (non-hydrogen) atoms. The molecule has 0 heterocycles. The Balaban J connectivity index is 2.51. The Bertz CT molecular complexity index is 501. The fourth-order valence-electron chi connectivity index (χ4n) is 1.76. The van der Waals surface area contributed by atoms with Gasteiger partial charge >= 0.3 is 0 Å². The summed E-state index contributed by atoms with van der Waals surface area (Å²) in [6.45, 7) is 7.69. The van der Waals surface area contributed by atoms with Gasteiger partial charge in [0.05, 0.1) is 0 Å². The quantitative estimate of drug-likeness (QED) is 0.644. The molecule has 0 spiro atoms. The lowest BCUT2D eigenvalue weighted by Crippen LogP contribution is -1.88. The smallest absolute Gasteiger partial charge is 0.00257 e. The van der Waals surface area contributed by atoms with Crippen molar-refractivity contribution in [3.8, 4) is 0 Å². The minimum atomic E-state index is 0.880. The first-order chi connectivity index (χ1) is 7.31. The molecule has 0 unspecified atom stereocenters. The maximum Gasteiger partial charge on any atom is -0.00257 e. The molecule has 0 nitrogen and oxygen atoms in total. The van der Waals surface area contributed by atoms with Crippen LogP contribution in [0.4, 0.5) is 0 Å². The summed E-state index contributed by atoms with van der Waals surface area (Å²) in [5, 5.41) is 2.59. The van der Waals surface area contributed by atoms with Crippen molar-refractivity contribution >= 4 is 10.8 Å². The lowest BCUT2D eigenvalue weighted by atomic mass is 9.99. The molecule has 2 rings (SSSR count). The van der Waals surface area contributed by atoms with Crippen LogP contribution in [-0.4, -0.2) is 0 Å². The Hall–Kier alpha value is -1.82. The topological polar surface area (TPSA) is 0 Å². The van der Waals surface area contributed by atoms with E-state index in [4.69, 9.17) is 0 Å². The minimum Gasteiger partial charge on any atom is -0.0988 e. The second kappa shape index (κ2) is 4.14. The van der Waals surface area contributed by atoms with E-state index in [9.17, 15) is 0 Å². The summed E-state index contributed by atoms with van der Waals surface area (Å²) in [6, 6.07) is 14.8. The van der Waals surface area contributed by atoms with Gasteiger partial charge in [0, 0.05) is 0 Å². The largest absolute Gasteiger partial charge is 0.0988 e. The van der Waals surface area contributed by atoms with Gasteiger partial charge in [0.1, 0.15) is 0 Å². The number of rotatable bonds is 3. The summed E-state index contributed by atoms with van der Waals surface area (Å²) >= 11 is 0. The third-order valence-corrected chi connectivity index (χ3v) is 2.59. The highest BCUT2D eigenvalue weighted by molar-refractivity contribution is 5.85. The number of hydrogen-bond acceptors (Lipinski definition) is 0. The molecule has 0 aromatic heterocycles. The zero-order valence-electron chi connectivity index (χ0n) is 8.74. The van der Waals surface area contributed by atoms with Crippen LogP contribution in [0.25, 0.3) is 10.8 Å². The summed E-state index contributed by atoms with van der Waals surface area (Å²) in [4.78, 5) is 0. The van der Waals surface area contributed by atoms with Gasteiger partial charge in [-0.05, 0) is 22.8 Å². The Kier molecular flexibility index (Phi) is 2.68. The van der Waals surface area contributed by atoms with Crippen molar-refractivity contribution in [2.75, 3.05) is 0 Å². The SMILES string of the molecule is C=CC(=C)Cc1cccc2ccccc12. The van der Waals surface area contributed by atoms with Gasteiger partial charge in [-0.25, -0.2) is 0 Å². The fourth-order valence-corrected chi connectivity index (χ4v) is 1.76. The number of allylic oxidation sites excluding steroid dienone is 2. The van der Waals surface area contributed by atoms with Crippen LogP contribution in [0.1, 0.15) is 5.56 Å². The number of fused-ring (bicyclic) bond motifs is 1. The van der Waals surface area contributed by atoms with Gasteiger partial charge in [-0.1, -0.05) is 67.3 Å². The summed E-state index contributed by atoms with van der Waals surface area (Å²) in [5.41, 5.74) is 2.38. The van der Waals surface area contributed by atoms with E-state index >= 15 is 0 Å². The predicted octanol–water partition coefficient (Wildman–Crippen LogP) is 4.12. The van der Waals surface area contributed by atoms with Gasteiger partial charge in [-0.3, -0.25) is 0 Å². The van der Waals surface area contributed by atoms with E-state index in [1.54, 1.807) is 0 Å². The van der Waals surface area contributed by atoms with Crippen LogP contribution in [0.5, 0.6) is 0 Å². The van der Waals surface area contributed by atoms with E-state index in [2.05, 4.69) is 55.6 Å². The summed E-state index contributed by atoms with van der Waals surface area (Å²) < 4.78 is 0. The van der Waals surface area contributed by atoms with Crippen LogP contribution in [-0.2, 0) is 6.42 Å². The zero-order valence-corrected chi connectivity index (χ0v) is 8.74. The Labute approximate surface area is 90.6 Å². The molecule has 0 atom stereocenters. The third-order valence-electron chi connectivity index (χ3n) is 2.59. The lowest BCUT2D eigenvalue weighted by Gasteiger charge is -2.05. The van der Waals surface area contributed by atoms with E-state index in [0.717, 1.165) is 12.0 Å². The first kappa shape index (κ1) is 9.72. The molecule has 0 radical (unpaired) electrons. The predicted molar refractivity (Wildman–Crippen MR) is 67.0 cm³/mol. The second-order valence-corrected chi connectivity index (χ2v) is 3.68. The van der Waals surface area contributed by atoms with Crippen LogP contribution in [0.15, 0.2) is 67.3 Å². The van der Waals surface area contributed by atoms with E-state index in [-0.39, 0.29) is 0 Å². The minimum absolute atomic E-state index is 0.880. The highest BCUT2D eigenvalue weighted by atomic mass is 14.0. The monoisotopic (exact) mass is 194 g/mol. The van der Waals surface area contributed by atoms with E-state index in [1.165, 1.54) is 16.3 Å². The Morgan fingerprint density at radius 3 is 2.60 bits per heavy atom. The van der Waals surface area contributed by atoms with Crippen LogP contribution in [0.3, 0.4) is 0 Å². The standard InChI is InChI=1S/C15H14/c1-3-12(2)11-14-9-6-8-13-7-4-5-10-15(13)14/h3-10H,1-2,11H2. The molecule has 0 saturated heterocycles. The molecule has 0 aliphatic carbocycles. The molecular weight excluding hydrogens is 180 g/mol. The van der Waals surface area contributed by atoms with Gasteiger partial charge in [0.2, 0.25) is 0 Å². The van der Waals surface area contributed by atoms with Crippen molar-refractivity contribution in [2.24, 2.45) is 0 Å². The van der Waals surface area contributed by atoms with Crippen LogP contribution in [0, 0.1) is 0 Å². The van der Waals surface area contributed by atoms with Crippen molar-refractivity contribution in [3.05, 3.63) is 72.8 Å². The van der Waals surface area contributed by atoms with E-state index in [0.29, 0.717) is 0 Å². The van der Waals surface area contributed by atoms with Crippen molar-refractivity contribution < 1.29 is 0 Å². The summed E-state index contributed by atoms with van der Waals surface area (Å²) in [6.07, 6.45) is 2.70. The number of hydrogen-bond donors (Lipinski definition) is 0. The second-order valence-electron chi connectivity index (χ2n) is 3.68. The maximum atomic E-state index is 3.96. The van der Waals surface area contributed by atoms with Crippen molar-refractivity contribution in [1.29, 1.82) is 0 Å². The van der Waals surface area contributed by atoms with Crippen molar-refractivity contribution in [3.63, 3.8) is 0 Å². The Morgan fingerprint density at radius 1 is 1.07 bits per heavy atom. The van der Waals surface area contributed by atoms with Crippen LogP contribution < -0.4 is 0 Å². The van der Waals surface area contributed by atoms with Gasteiger partial charge in [-0.2, -0.15) is 0 Å². The van der Waals surface area contributed by atoms with Crippen molar-refractivity contribution in [1.82, 2.24) is 0 Å². The molecule has 2 aromatic rings. The number of benzene rings is 2. The molecule has 0 N–H and O–H groups in total. The molecule has 0 fully saturated rings.